The molecule has 0 saturated carbocycles. The number of carbonyl (C=O) groups excluding carboxylic acids is 3. The van der Waals surface area contributed by atoms with Gasteiger partial charge in [-0.3, -0.25) is 9.59 Å². The van der Waals surface area contributed by atoms with Crippen LogP contribution in [0.4, 0.5) is 11.4 Å². The number of esters is 1. The highest BCUT2D eigenvalue weighted by Crippen LogP contribution is 2.37. The number of anilines is 2. The van der Waals surface area contributed by atoms with Crippen molar-refractivity contribution in [1.82, 2.24) is 5.32 Å². The van der Waals surface area contributed by atoms with E-state index < -0.39 is 12.1 Å². The summed E-state index contributed by atoms with van der Waals surface area (Å²) < 4.78 is 5.33. The van der Waals surface area contributed by atoms with Crippen LogP contribution in [0.5, 0.6) is 0 Å². The highest BCUT2D eigenvalue weighted by molar-refractivity contribution is 6.05. The molecular formula is C23H25N3O4. The molecule has 0 radical (unpaired) electrons. The highest BCUT2D eigenvalue weighted by Gasteiger charge is 2.36. The normalized spacial score (nSPS) is 18.1. The molecule has 7 nitrogen and oxygen atoms in total. The van der Waals surface area contributed by atoms with Crippen molar-refractivity contribution in [2.45, 2.75) is 38.3 Å². The largest absolute Gasteiger partial charge is 0.449 e. The standard InChI is InChI=1S/C23H25N3O4/c1-15(21(27)24-12-11-16-6-3-2-4-7-16)30-23(29)17-9-10-19-18(14-17)25-22(28)20-8-5-13-26(19)20/h2-4,6-7,9-10,14-15,20H,5,8,11-13H2,1H3,(H,24,27)(H,25,28)/t15-,20-/m0/s1. The summed E-state index contributed by atoms with van der Waals surface area (Å²) in [5.74, 6) is -0.983. The lowest BCUT2D eigenvalue weighted by molar-refractivity contribution is -0.129. The third-order valence-electron chi connectivity index (χ3n) is 5.56. The van der Waals surface area contributed by atoms with Gasteiger partial charge < -0.3 is 20.3 Å². The van der Waals surface area contributed by atoms with Gasteiger partial charge in [0.1, 0.15) is 6.04 Å². The summed E-state index contributed by atoms with van der Waals surface area (Å²) in [6, 6.07) is 14.8. The van der Waals surface area contributed by atoms with E-state index in [1.807, 2.05) is 36.4 Å². The van der Waals surface area contributed by atoms with E-state index in [4.69, 9.17) is 4.74 Å². The van der Waals surface area contributed by atoms with Crippen LogP contribution in [0.3, 0.4) is 0 Å². The van der Waals surface area contributed by atoms with Gasteiger partial charge in [-0.05, 0) is 49.9 Å². The fraction of sp³-hybridized carbons (Fsp3) is 0.348. The Morgan fingerprint density at radius 3 is 2.83 bits per heavy atom. The summed E-state index contributed by atoms with van der Waals surface area (Å²) in [5, 5.41) is 5.67. The molecule has 2 heterocycles. The zero-order valence-electron chi connectivity index (χ0n) is 16.9. The molecule has 2 aliphatic heterocycles. The van der Waals surface area contributed by atoms with Crippen LogP contribution in [0.2, 0.25) is 0 Å². The quantitative estimate of drug-likeness (QED) is 0.719. The number of ether oxygens (including phenoxy) is 1. The van der Waals surface area contributed by atoms with Gasteiger partial charge in [-0.15, -0.1) is 0 Å². The summed E-state index contributed by atoms with van der Waals surface area (Å²) >= 11 is 0. The molecule has 2 aromatic carbocycles. The Labute approximate surface area is 175 Å². The molecule has 2 amide bonds. The van der Waals surface area contributed by atoms with Crippen molar-refractivity contribution >= 4 is 29.2 Å². The van der Waals surface area contributed by atoms with Gasteiger partial charge in [-0.2, -0.15) is 0 Å². The minimum absolute atomic E-state index is 0.0447. The van der Waals surface area contributed by atoms with Gasteiger partial charge in [-0.1, -0.05) is 30.3 Å². The van der Waals surface area contributed by atoms with Crippen molar-refractivity contribution in [3.05, 3.63) is 59.7 Å². The molecule has 0 aliphatic carbocycles. The third kappa shape index (κ3) is 4.15. The van der Waals surface area contributed by atoms with Gasteiger partial charge >= 0.3 is 5.97 Å². The Morgan fingerprint density at radius 2 is 2.03 bits per heavy atom. The monoisotopic (exact) mass is 407 g/mol. The molecule has 0 bridgehead atoms. The van der Waals surface area contributed by atoms with Crippen LogP contribution in [-0.4, -0.2) is 43.0 Å². The summed E-state index contributed by atoms with van der Waals surface area (Å²) in [4.78, 5) is 39.1. The van der Waals surface area contributed by atoms with E-state index in [2.05, 4.69) is 15.5 Å². The molecule has 2 aliphatic rings. The molecule has 0 spiro atoms. The second-order valence-corrected chi connectivity index (χ2v) is 7.65. The fourth-order valence-corrected chi connectivity index (χ4v) is 3.96. The molecule has 1 fully saturated rings. The summed E-state index contributed by atoms with van der Waals surface area (Å²) in [7, 11) is 0. The van der Waals surface area contributed by atoms with Crippen molar-refractivity contribution in [1.29, 1.82) is 0 Å². The van der Waals surface area contributed by atoms with E-state index in [1.165, 1.54) is 0 Å². The number of nitrogens with one attached hydrogen (secondary N) is 2. The van der Waals surface area contributed by atoms with Gasteiger partial charge in [0.2, 0.25) is 5.91 Å². The van der Waals surface area contributed by atoms with Gasteiger partial charge in [-0.25, -0.2) is 4.79 Å². The number of hydrogen-bond donors (Lipinski definition) is 2. The van der Waals surface area contributed by atoms with Crippen LogP contribution in [0, 0.1) is 0 Å². The summed E-state index contributed by atoms with van der Waals surface area (Å²) in [6.07, 6.45) is 1.60. The number of carbonyl (C=O) groups is 3. The molecule has 0 aromatic heterocycles. The smallest absolute Gasteiger partial charge is 0.338 e. The van der Waals surface area contributed by atoms with Crippen molar-refractivity contribution in [3.63, 3.8) is 0 Å². The van der Waals surface area contributed by atoms with E-state index in [0.717, 1.165) is 30.6 Å². The Morgan fingerprint density at radius 1 is 1.23 bits per heavy atom. The Balaban J connectivity index is 1.34. The van der Waals surface area contributed by atoms with E-state index in [9.17, 15) is 14.4 Å². The number of nitrogens with zero attached hydrogens (tertiary/aromatic N) is 1. The first-order valence-electron chi connectivity index (χ1n) is 10.3. The van der Waals surface area contributed by atoms with Crippen LogP contribution in [0.25, 0.3) is 0 Å². The Bertz CT molecular complexity index is 960. The topological polar surface area (TPSA) is 87.7 Å². The fourth-order valence-electron chi connectivity index (χ4n) is 3.96. The maximum Gasteiger partial charge on any atom is 0.338 e. The van der Waals surface area contributed by atoms with E-state index >= 15 is 0 Å². The average Bonchev–Trinajstić information content (AvgIpc) is 3.25. The van der Waals surface area contributed by atoms with Gasteiger partial charge in [0.15, 0.2) is 6.10 Å². The molecule has 2 aromatic rings. The zero-order valence-corrected chi connectivity index (χ0v) is 16.9. The maximum absolute atomic E-state index is 12.5. The number of amides is 2. The first-order chi connectivity index (χ1) is 14.5. The van der Waals surface area contributed by atoms with Crippen LogP contribution >= 0.6 is 0 Å². The van der Waals surface area contributed by atoms with Crippen molar-refractivity contribution < 1.29 is 19.1 Å². The first kappa shape index (κ1) is 19.9. The van der Waals surface area contributed by atoms with Gasteiger partial charge in [0.25, 0.3) is 5.91 Å². The van der Waals surface area contributed by atoms with Crippen LogP contribution in [0.1, 0.15) is 35.7 Å². The number of fused-ring (bicyclic) bond motifs is 3. The zero-order chi connectivity index (χ0) is 21.1. The van der Waals surface area contributed by atoms with Crippen LogP contribution in [-0.2, 0) is 20.7 Å². The second-order valence-electron chi connectivity index (χ2n) is 7.65. The third-order valence-corrected chi connectivity index (χ3v) is 5.56. The van der Waals surface area contributed by atoms with Gasteiger partial charge in [0.05, 0.1) is 16.9 Å². The van der Waals surface area contributed by atoms with E-state index in [1.54, 1.807) is 19.1 Å². The molecule has 2 atom stereocenters. The van der Waals surface area contributed by atoms with Gasteiger partial charge in [0, 0.05) is 13.1 Å². The molecule has 4 rings (SSSR count). The van der Waals surface area contributed by atoms with Crippen molar-refractivity contribution in [2.24, 2.45) is 0 Å². The SMILES string of the molecule is C[C@H](OC(=O)c1ccc2c(c1)NC(=O)[C@@H]1CCCN21)C(=O)NCCc1ccccc1. The first-order valence-corrected chi connectivity index (χ1v) is 10.3. The molecular weight excluding hydrogens is 382 g/mol. The minimum Gasteiger partial charge on any atom is -0.449 e. The molecule has 0 unspecified atom stereocenters. The minimum atomic E-state index is -0.915. The number of rotatable bonds is 6. The number of hydrogen-bond acceptors (Lipinski definition) is 5. The van der Waals surface area contributed by atoms with Crippen LogP contribution < -0.4 is 15.5 Å². The lowest BCUT2D eigenvalue weighted by Crippen LogP contribution is -2.44. The average molecular weight is 407 g/mol. The Kier molecular flexibility index (Phi) is 5.70. The molecule has 156 valence electrons. The predicted octanol–water partition coefficient (Wildman–Crippen LogP) is 2.51. The van der Waals surface area contributed by atoms with E-state index in [0.29, 0.717) is 24.2 Å². The lowest BCUT2D eigenvalue weighted by atomic mass is 10.1. The highest BCUT2D eigenvalue weighted by atomic mass is 16.5. The predicted molar refractivity (Wildman–Crippen MR) is 113 cm³/mol. The summed E-state index contributed by atoms with van der Waals surface area (Å²) in [5.41, 5.74) is 2.95. The van der Waals surface area contributed by atoms with E-state index in [-0.39, 0.29) is 17.9 Å². The van der Waals surface area contributed by atoms with Crippen molar-refractivity contribution in [2.75, 3.05) is 23.3 Å². The molecule has 1 saturated heterocycles. The number of benzene rings is 2. The molecule has 2 N–H and O–H groups in total. The van der Waals surface area contributed by atoms with Crippen molar-refractivity contribution in [3.8, 4) is 0 Å². The molecule has 7 heteroatoms. The summed E-state index contributed by atoms with van der Waals surface area (Å²) in [6.45, 7) is 2.84. The maximum atomic E-state index is 12.5. The Hall–Kier alpha value is -3.35. The lowest BCUT2D eigenvalue weighted by Gasteiger charge is -2.33. The second kappa shape index (κ2) is 8.57. The molecule has 30 heavy (non-hydrogen) atoms. The van der Waals surface area contributed by atoms with Crippen LogP contribution in [0.15, 0.2) is 48.5 Å².